The second-order valence-electron chi connectivity index (χ2n) is 5.06. The van der Waals surface area contributed by atoms with Gasteiger partial charge in [-0.05, 0) is 24.3 Å². The van der Waals surface area contributed by atoms with Gasteiger partial charge in [0.25, 0.3) is 15.9 Å². The summed E-state index contributed by atoms with van der Waals surface area (Å²) in [6.07, 6.45) is -2.07. The van der Waals surface area contributed by atoms with Crippen molar-refractivity contribution in [2.45, 2.75) is 11.1 Å². The summed E-state index contributed by atoms with van der Waals surface area (Å²) in [4.78, 5) is 11.6. The maximum atomic E-state index is 13.0. The Balaban J connectivity index is 1.81. The molecule has 142 valence electrons. The van der Waals surface area contributed by atoms with Crippen LogP contribution in [0, 0.1) is 0 Å². The number of hydrogen-bond acceptors (Lipinski definition) is 7. The number of halogens is 3. The van der Waals surface area contributed by atoms with E-state index in [0.717, 1.165) is 30.0 Å². The van der Waals surface area contributed by atoms with Gasteiger partial charge in [0, 0.05) is 6.20 Å². The molecule has 1 aliphatic heterocycles. The van der Waals surface area contributed by atoms with Crippen molar-refractivity contribution in [3.8, 4) is 0 Å². The van der Waals surface area contributed by atoms with Crippen LogP contribution in [0.15, 0.2) is 63.3 Å². The first-order chi connectivity index (χ1) is 12.7. The van der Waals surface area contributed by atoms with Gasteiger partial charge in [0.15, 0.2) is 5.04 Å². The minimum atomic E-state index is -4.90. The zero-order valence-electron chi connectivity index (χ0n) is 13.1. The zero-order chi connectivity index (χ0) is 19.7. The highest BCUT2D eigenvalue weighted by atomic mass is 32.2. The Morgan fingerprint density at radius 3 is 2.59 bits per heavy atom. The van der Waals surface area contributed by atoms with Gasteiger partial charge in [-0.25, -0.2) is 13.1 Å². The maximum Gasteiger partial charge on any atom is 0.417 e. The summed E-state index contributed by atoms with van der Waals surface area (Å²) < 4.78 is 70.5. The van der Waals surface area contributed by atoms with Gasteiger partial charge in [-0.3, -0.25) is 10.2 Å². The highest BCUT2D eigenvalue weighted by Gasteiger charge is 2.37. The maximum absolute atomic E-state index is 13.0. The zero-order valence-corrected chi connectivity index (χ0v) is 14.8. The second kappa shape index (κ2) is 7.12. The van der Waals surface area contributed by atoms with Crippen LogP contribution in [0.1, 0.15) is 11.3 Å². The SMILES string of the molecule is O=C(NS(=O)(=O)c1ccccc1C(F)(F)F)C1=NNC=C(c2ccco2)S1. The summed E-state index contributed by atoms with van der Waals surface area (Å²) in [5.74, 6) is -0.778. The van der Waals surface area contributed by atoms with Gasteiger partial charge in [0.05, 0.1) is 21.6 Å². The smallest absolute Gasteiger partial charge is 0.417 e. The average Bonchev–Trinajstić information content (AvgIpc) is 3.15. The summed E-state index contributed by atoms with van der Waals surface area (Å²) in [7, 11) is -4.78. The molecule has 0 spiro atoms. The highest BCUT2D eigenvalue weighted by molar-refractivity contribution is 8.23. The number of hydrogen-bond donors (Lipinski definition) is 2. The molecule has 0 bridgehead atoms. The third-order valence-corrected chi connectivity index (χ3v) is 5.63. The van der Waals surface area contributed by atoms with Crippen LogP contribution in [0.2, 0.25) is 0 Å². The van der Waals surface area contributed by atoms with Crippen molar-refractivity contribution in [2.24, 2.45) is 5.10 Å². The Morgan fingerprint density at radius 2 is 1.93 bits per heavy atom. The molecule has 0 saturated heterocycles. The fourth-order valence-electron chi connectivity index (χ4n) is 2.10. The molecule has 0 saturated carbocycles. The lowest BCUT2D eigenvalue weighted by molar-refractivity contribution is -0.140. The minimum Gasteiger partial charge on any atom is -0.464 e. The van der Waals surface area contributed by atoms with E-state index >= 15 is 0 Å². The number of alkyl halides is 3. The lowest BCUT2D eigenvalue weighted by Crippen LogP contribution is -2.37. The second-order valence-corrected chi connectivity index (χ2v) is 7.74. The van der Waals surface area contributed by atoms with Gasteiger partial charge >= 0.3 is 6.18 Å². The van der Waals surface area contributed by atoms with Gasteiger partial charge in [0.2, 0.25) is 0 Å². The molecular weight excluding hydrogens is 407 g/mol. The van der Waals surface area contributed by atoms with E-state index in [1.807, 2.05) is 0 Å². The molecule has 12 heteroatoms. The van der Waals surface area contributed by atoms with E-state index in [1.54, 1.807) is 16.9 Å². The molecule has 7 nitrogen and oxygen atoms in total. The van der Waals surface area contributed by atoms with Crippen LogP contribution in [0.4, 0.5) is 13.2 Å². The van der Waals surface area contributed by atoms with Crippen molar-refractivity contribution < 1.29 is 30.8 Å². The molecule has 0 aliphatic carbocycles. The number of carbonyl (C=O) groups is 1. The van der Waals surface area contributed by atoms with Crippen molar-refractivity contribution in [1.82, 2.24) is 10.1 Å². The minimum absolute atomic E-state index is 0.308. The third kappa shape index (κ3) is 4.17. The van der Waals surface area contributed by atoms with Crippen molar-refractivity contribution in [1.29, 1.82) is 0 Å². The Kier molecular flexibility index (Phi) is 5.02. The number of furan rings is 1. The van der Waals surface area contributed by atoms with Crippen LogP contribution in [0.5, 0.6) is 0 Å². The largest absolute Gasteiger partial charge is 0.464 e. The van der Waals surface area contributed by atoms with Gasteiger partial charge in [0.1, 0.15) is 5.76 Å². The molecule has 2 heterocycles. The van der Waals surface area contributed by atoms with Crippen molar-refractivity contribution in [2.75, 3.05) is 0 Å². The van der Waals surface area contributed by atoms with Crippen LogP contribution in [-0.4, -0.2) is 19.4 Å². The van der Waals surface area contributed by atoms with Crippen molar-refractivity contribution >= 4 is 37.6 Å². The molecule has 0 atom stereocenters. The first-order valence-electron chi connectivity index (χ1n) is 7.17. The number of nitrogens with one attached hydrogen (secondary N) is 2. The third-order valence-electron chi connectivity index (χ3n) is 3.24. The molecule has 1 amide bonds. The summed E-state index contributed by atoms with van der Waals surface area (Å²) in [6, 6.07) is 6.78. The van der Waals surface area contributed by atoms with Crippen LogP contribution in [0.25, 0.3) is 4.91 Å². The normalized spacial score (nSPS) is 14.8. The first-order valence-corrected chi connectivity index (χ1v) is 9.47. The van der Waals surface area contributed by atoms with Gasteiger partial charge in [-0.2, -0.15) is 18.3 Å². The Morgan fingerprint density at radius 1 is 1.19 bits per heavy atom. The monoisotopic (exact) mass is 417 g/mol. The van der Waals surface area contributed by atoms with Gasteiger partial charge < -0.3 is 4.42 Å². The number of benzene rings is 1. The Bertz CT molecular complexity index is 1030. The molecule has 3 rings (SSSR count). The molecule has 0 unspecified atom stereocenters. The van der Waals surface area contributed by atoms with Crippen LogP contribution in [-0.2, 0) is 21.0 Å². The molecular formula is C15H10F3N3O4S2. The number of nitrogens with zero attached hydrogens (tertiary/aromatic N) is 1. The molecule has 2 N–H and O–H groups in total. The molecule has 2 aromatic rings. The van der Waals surface area contributed by atoms with Crippen molar-refractivity contribution in [3.63, 3.8) is 0 Å². The quantitative estimate of drug-likeness (QED) is 0.794. The molecule has 0 fully saturated rings. The molecule has 1 aromatic carbocycles. The number of amides is 1. The number of carbonyl (C=O) groups excluding carboxylic acids is 1. The number of thioether (sulfide) groups is 1. The fourth-order valence-corrected chi connectivity index (χ4v) is 4.12. The Hall–Kier alpha value is -2.73. The van der Waals surface area contributed by atoms with E-state index in [2.05, 4.69) is 10.5 Å². The molecule has 27 heavy (non-hydrogen) atoms. The molecule has 1 aliphatic rings. The number of hydrazone groups is 1. The number of rotatable bonds is 4. The van der Waals surface area contributed by atoms with Gasteiger partial charge in [-0.15, -0.1) is 0 Å². The predicted molar refractivity (Wildman–Crippen MR) is 91.6 cm³/mol. The molecule has 0 radical (unpaired) electrons. The van der Waals surface area contributed by atoms with Crippen molar-refractivity contribution in [3.05, 3.63) is 60.2 Å². The van der Waals surface area contributed by atoms with E-state index in [0.29, 0.717) is 16.7 Å². The summed E-state index contributed by atoms with van der Waals surface area (Å²) in [5, 5.41) is 3.34. The van der Waals surface area contributed by atoms with E-state index in [-0.39, 0.29) is 5.04 Å². The summed E-state index contributed by atoms with van der Waals surface area (Å²) in [5.41, 5.74) is 1.05. The topological polar surface area (TPSA) is 101 Å². The predicted octanol–water partition coefficient (Wildman–Crippen LogP) is 2.75. The lowest BCUT2D eigenvalue weighted by atomic mass is 10.2. The highest BCUT2D eigenvalue weighted by Crippen LogP contribution is 2.34. The fraction of sp³-hybridized carbons (Fsp3) is 0.0667. The summed E-state index contributed by atoms with van der Waals surface area (Å²) >= 11 is 0.799. The van der Waals surface area contributed by atoms with E-state index in [4.69, 9.17) is 4.42 Å². The standard InChI is InChI=1S/C15H10F3N3O4S2/c16-15(17,18)9-4-1-2-6-12(9)27(23,24)21-13(22)14-20-19-8-11(26-14)10-5-3-7-25-10/h1-8,19H,(H,21,22). The van der Waals surface area contributed by atoms with Crippen LogP contribution >= 0.6 is 11.8 Å². The van der Waals surface area contributed by atoms with E-state index in [1.165, 1.54) is 12.5 Å². The van der Waals surface area contributed by atoms with E-state index in [9.17, 15) is 26.4 Å². The van der Waals surface area contributed by atoms with E-state index < -0.39 is 32.6 Å². The first kappa shape index (κ1) is 19.0. The summed E-state index contributed by atoms with van der Waals surface area (Å²) in [6.45, 7) is 0. The molecule has 1 aromatic heterocycles. The average molecular weight is 417 g/mol. The van der Waals surface area contributed by atoms with Gasteiger partial charge in [-0.1, -0.05) is 23.9 Å². The lowest BCUT2D eigenvalue weighted by Gasteiger charge is -2.15. The van der Waals surface area contributed by atoms with Crippen LogP contribution < -0.4 is 10.1 Å². The Labute approximate surface area is 155 Å². The van der Waals surface area contributed by atoms with Crippen LogP contribution in [0.3, 0.4) is 0 Å². The number of sulfonamides is 1.